The number of benzene rings is 1. The molecule has 2 atom stereocenters. The average molecular weight is 378 g/mol. The number of rotatable bonds is 5. The maximum atomic E-state index is 13.2. The molecule has 1 aromatic carbocycles. The van der Waals surface area contributed by atoms with Crippen molar-refractivity contribution >= 4 is 35.1 Å². The number of amides is 1. The number of carbonyl (C=O) groups is 1. The number of halogens is 1. The van der Waals surface area contributed by atoms with Gasteiger partial charge in [-0.05, 0) is 31.5 Å². The molecule has 1 amide bonds. The average Bonchev–Trinajstić information content (AvgIpc) is 2.87. The number of thioether (sulfide) groups is 2. The second-order valence-electron chi connectivity index (χ2n) is 5.98. The Morgan fingerprint density at radius 2 is 2.20 bits per heavy atom. The lowest BCUT2D eigenvalue weighted by Crippen LogP contribution is -2.15. The predicted octanol–water partition coefficient (Wildman–Crippen LogP) is 4.64. The number of fused-ring (bicyclic) bond motifs is 1. The highest BCUT2D eigenvalue weighted by atomic mass is 32.2. The first-order valence-electron chi connectivity index (χ1n) is 8.21. The highest BCUT2D eigenvalue weighted by molar-refractivity contribution is 8.01. The predicted molar refractivity (Wildman–Crippen MR) is 101 cm³/mol. The van der Waals surface area contributed by atoms with Gasteiger partial charge in [-0.1, -0.05) is 31.7 Å². The fraction of sp³-hybridized carbons (Fsp3) is 0.389. The lowest BCUT2D eigenvalue weighted by Gasteiger charge is -2.15. The van der Waals surface area contributed by atoms with Crippen molar-refractivity contribution in [1.82, 2.24) is 9.97 Å². The van der Waals surface area contributed by atoms with E-state index in [0.29, 0.717) is 16.9 Å². The van der Waals surface area contributed by atoms with Gasteiger partial charge < -0.3 is 5.32 Å². The molecule has 132 valence electrons. The summed E-state index contributed by atoms with van der Waals surface area (Å²) in [6, 6.07) is 5.90. The molecule has 7 heteroatoms. The zero-order chi connectivity index (χ0) is 18.0. The number of hydrogen-bond acceptors (Lipinski definition) is 5. The molecular formula is C18H20FN3OS2. The van der Waals surface area contributed by atoms with Crippen molar-refractivity contribution in [2.24, 2.45) is 0 Å². The first-order valence-corrected chi connectivity index (χ1v) is 10.1. The highest BCUT2D eigenvalue weighted by Crippen LogP contribution is 2.48. The molecule has 1 N–H and O–H groups in total. The zero-order valence-electron chi connectivity index (χ0n) is 14.4. The van der Waals surface area contributed by atoms with Gasteiger partial charge in [0.05, 0.1) is 5.75 Å². The summed E-state index contributed by atoms with van der Waals surface area (Å²) >= 11 is 3.21. The van der Waals surface area contributed by atoms with Gasteiger partial charge in [-0.25, -0.2) is 14.4 Å². The van der Waals surface area contributed by atoms with Crippen LogP contribution in [-0.4, -0.2) is 26.9 Å². The quantitative estimate of drug-likeness (QED) is 0.607. The van der Waals surface area contributed by atoms with Crippen molar-refractivity contribution in [2.45, 2.75) is 48.4 Å². The minimum absolute atomic E-state index is 0.174. The van der Waals surface area contributed by atoms with Crippen LogP contribution < -0.4 is 5.32 Å². The van der Waals surface area contributed by atoms with Crippen LogP contribution in [0.1, 0.15) is 37.6 Å². The van der Waals surface area contributed by atoms with Crippen LogP contribution in [0, 0.1) is 12.7 Å². The smallest absolute Gasteiger partial charge is 0.234 e. The summed E-state index contributed by atoms with van der Waals surface area (Å²) in [6.07, 6.45) is 1.02. The maximum absolute atomic E-state index is 13.2. The summed E-state index contributed by atoms with van der Waals surface area (Å²) in [5.74, 6) is 0.825. The van der Waals surface area contributed by atoms with Gasteiger partial charge in [-0.2, -0.15) is 0 Å². The van der Waals surface area contributed by atoms with Gasteiger partial charge in [0.1, 0.15) is 21.7 Å². The van der Waals surface area contributed by atoms with E-state index in [4.69, 9.17) is 0 Å². The number of anilines is 1. The van der Waals surface area contributed by atoms with Gasteiger partial charge in [-0.3, -0.25) is 4.79 Å². The van der Waals surface area contributed by atoms with Crippen molar-refractivity contribution in [3.63, 3.8) is 0 Å². The van der Waals surface area contributed by atoms with Crippen LogP contribution in [0.15, 0.2) is 34.3 Å². The SMILES string of the molecule is CC[C@H]1c2c(SCC(=O)Nc3cccc(F)c3)nc(C)nc2S[C@H]1C. The molecule has 1 aliphatic heterocycles. The van der Waals surface area contributed by atoms with E-state index >= 15 is 0 Å². The monoisotopic (exact) mass is 377 g/mol. The van der Waals surface area contributed by atoms with Gasteiger partial charge in [0.25, 0.3) is 0 Å². The molecule has 0 bridgehead atoms. The van der Waals surface area contributed by atoms with Gasteiger partial charge in [-0.15, -0.1) is 11.8 Å². The van der Waals surface area contributed by atoms with Crippen LogP contribution >= 0.6 is 23.5 Å². The molecule has 0 fully saturated rings. The van der Waals surface area contributed by atoms with Gasteiger partial charge in [0.2, 0.25) is 5.91 Å². The van der Waals surface area contributed by atoms with E-state index in [2.05, 4.69) is 29.1 Å². The number of nitrogens with zero attached hydrogens (tertiary/aromatic N) is 2. The van der Waals surface area contributed by atoms with Crippen LogP contribution in [0.5, 0.6) is 0 Å². The molecule has 0 saturated heterocycles. The van der Waals surface area contributed by atoms with Crippen molar-refractivity contribution in [3.05, 3.63) is 41.5 Å². The van der Waals surface area contributed by atoms with Crippen molar-refractivity contribution in [1.29, 1.82) is 0 Å². The summed E-state index contributed by atoms with van der Waals surface area (Å²) in [5.41, 5.74) is 1.64. The van der Waals surface area contributed by atoms with Crippen molar-refractivity contribution in [3.8, 4) is 0 Å². The Hall–Kier alpha value is -1.60. The Morgan fingerprint density at radius 3 is 2.92 bits per heavy atom. The Balaban J connectivity index is 1.72. The van der Waals surface area contributed by atoms with Crippen LogP contribution in [-0.2, 0) is 4.79 Å². The summed E-state index contributed by atoms with van der Waals surface area (Å²) in [7, 11) is 0. The van der Waals surface area contributed by atoms with Crippen LogP contribution in [0.4, 0.5) is 10.1 Å². The third kappa shape index (κ3) is 4.15. The Morgan fingerprint density at radius 1 is 1.40 bits per heavy atom. The molecule has 0 saturated carbocycles. The molecule has 4 nitrogen and oxygen atoms in total. The first-order chi connectivity index (χ1) is 12.0. The second kappa shape index (κ2) is 7.74. The molecule has 3 rings (SSSR count). The minimum atomic E-state index is -0.369. The molecule has 25 heavy (non-hydrogen) atoms. The van der Waals surface area contributed by atoms with Crippen LogP contribution in [0.25, 0.3) is 0 Å². The molecular weight excluding hydrogens is 357 g/mol. The second-order valence-corrected chi connectivity index (χ2v) is 8.31. The number of carbonyl (C=O) groups excluding carboxylic acids is 1. The molecule has 0 aliphatic carbocycles. The van der Waals surface area contributed by atoms with E-state index in [1.807, 2.05) is 6.92 Å². The number of nitrogens with one attached hydrogen (secondary N) is 1. The van der Waals surface area contributed by atoms with E-state index in [0.717, 1.165) is 22.3 Å². The van der Waals surface area contributed by atoms with Crippen molar-refractivity contribution < 1.29 is 9.18 Å². The topological polar surface area (TPSA) is 54.9 Å². The van der Waals surface area contributed by atoms with E-state index < -0.39 is 0 Å². The van der Waals surface area contributed by atoms with E-state index in [9.17, 15) is 9.18 Å². The molecule has 1 aromatic heterocycles. The lowest BCUT2D eigenvalue weighted by atomic mass is 9.96. The van der Waals surface area contributed by atoms with E-state index in [1.54, 1.807) is 23.9 Å². The maximum Gasteiger partial charge on any atom is 0.234 e. The molecule has 2 heterocycles. The summed E-state index contributed by atoms with van der Waals surface area (Å²) in [4.78, 5) is 21.3. The van der Waals surface area contributed by atoms with Gasteiger partial charge >= 0.3 is 0 Å². The third-order valence-corrected chi connectivity index (χ3v) is 6.34. The Bertz CT molecular complexity index is 800. The normalized spacial score (nSPS) is 18.9. The summed E-state index contributed by atoms with van der Waals surface area (Å²) in [5, 5.41) is 5.12. The minimum Gasteiger partial charge on any atom is -0.325 e. The molecule has 2 aromatic rings. The Labute approximate surface area is 155 Å². The molecule has 0 radical (unpaired) electrons. The lowest BCUT2D eigenvalue weighted by molar-refractivity contribution is -0.113. The highest BCUT2D eigenvalue weighted by Gasteiger charge is 2.33. The molecule has 1 aliphatic rings. The van der Waals surface area contributed by atoms with Crippen LogP contribution in [0.3, 0.4) is 0 Å². The molecule has 0 spiro atoms. The Kier molecular flexibility index (Phi) is 5.64. The van der Waals surface area contributed by atoms with Crippen LogP contribution in [0.2, 0.25) is 0 Å². The molecule has 0 unspecified atom stereocenters. The number of aromatic nitrogens is 2. The largest absolute Gasteiger partial charge is 0.325 e. The fourth-order valence-electron chi connectivity index (χ4n) is 2.97. The first kappa shape index (κ1) is 18.2. The van der Waals surface area contributed by atoms with Gasteiger partial charge in [0.15, 0.2) is 0 Å². The van der Waals surface area contributed by atoms with Crippen molar-refractivity contribution in [2.75, 3.05) is 11.1 Å². The van der Waals surface area contributed by atoms with E-state index in [-0.39, 0.29) is 17.5 Å². The number of aryl methyl sites for hydroxylation is 1. The standard InChI is InChI=1S/C18H20FN3OS2/c1-4-14-10(2)25-18-16(14)17(20-11(3)21-18)24-9-15(23)22-13-7-5-6-12(19)8-13/h5-8,10,14H,4,9H2,1-3H3,(H,22,23)/t10-,14+/m0/s1. The van der Waals surface area contributed by atoms with E-state index in [1.165, 1.54) is 29.5 Å². The zero-order valence-corrected chi connectivity index (χ0v) is 16.0. The summed E-state index contributed by atoms with van der Waals surface area (Å²) < 4.78 is 13.2. The van der Waals surface area contributed by atoms with Gasteiger partial charge in [0, 0.05) is 22.4 Å². The fourth-order valence-corrected chi connectivity index (χ4v) is 5.38. The summed E-state index contributed by atoms with van der Waals surface area (Å²) in [6.45, 7) is 6.25. The number of hydrogen-bond donors (Lipinski definition) is 1. The third-order valence-electron chi connectivity index (χ3n) is 4.11.